The molecule has 3 N–H and O–H groups in total. The lowest BCUT2D eigenvalue weighted by Gasteiger charge is -2.13. The van der Waals surface area contributed by atoms with Gasteiger partial charge in [-0.3, -0.25) is 9.97 Å². The maximum atomic E-state index is 5.85. The minimum Gasteiger partial charge on any atom is -0.398 e. The third-order valence-electron chi connectivity index (χ3n) is 7.94. The summed E-state index contributed by atoms with van der Waals surface area (Å²) < 4.78 is 1.08. The van der Waals surface area contributed by atoms with Crippen molar-refractivity contribution in [2.24, 2.45) is 0 Å². The summed E-state index contributed by atoms with van der Waals surface area (Å²) in [5.74, 6) is 0. The molecule has 2 aromatic heterocycles. The number of rotatable bonds is 6. The largest absolute Gasteiger partial charge is 0.398 e. The van der Waals surface area contributed by atoms with Gasteiger partial charge in [-0.25, -0.2) is 0 Å². The number of aromatic nitrogens is 2. The Morgan fingerprint density at radius 3 is 1.49 bits per heavy atom. The Morgan fingerprint density at radius 1 is 0.412 bits per heavy atom. The van der Waals surface area contributed by atoms with Gasteiger partial charge in [0.1, 0.15) is 0 Å². The van der Waals surface area contributed by atoms with E-state index in [1.54, 1.807) is 6.20 Å². The molecule has 2 heterocycles. The van der Waals surface area contributed by atoms with Crippen LogP contribution in [0.25, 0.3) is 44.8 Å². The van der Waals surface area contributed by atoms with E-state index in [2.05, 4.69) is 122 Å². The first-order valence-corrected chi connectivity index (χ1v) is 17.4. The third kappa shape index (κ3) is 9.88. The zero-order valence-electron chi connectivity index (χ0n) is 28.0. The maximum Gasteiger partial charge on any atom is 0.0702 e. The van der Waals surface area contributed by atoms with Crippen LogP contribution in [-0.2, 0) is 0 Å². The molecule has 8 aromatic rings. The van der Waals surface area contributed by atoms with E-state index in [0.717, 1.165) is 49.6 Å². The van der Waals surface area contributed by atoms with Crippen molar-refractivity contribution >= 4 is 33.0 Å². The minimum atomic E-state index is 0.828. The number of para-hydroxylation sites is 2. The lowest BCUT2D eigenvalue weighted by atomic mass is 10.0. The van der Waals surface area contributed by atoms with Gasteiger partial charge in [-0.2, -0.15) is 0 Å². The van der Waals surface area contributed by atoms with E-state index in [9.17, 15) is 0 Å². The van der Waals surface area contributed by atoms with Crippen LogP contribution in [0.3, 0.4) is 0 Å². The molecular weight excluding hydrogens is 688 g/mol. The van der Waals surface area contributed by atoms with E-state index < -0.39 is 0 Å². The Bertz CT molecular complexity index is 2240. The van der Waals surface area contributed by atoms with Crippen molar-refractivity contribution in [3.63, 3.8) is 0 Å². The second-order valence-electron chi connectivity index (χ2n) is 11.5. The normalized spacial score (nSPS) is 10.1. The van der Waals surface area contributed by atoms with Crippen LogP contribution < -0.4 is 11.1 Å². The number of nitrogen functional groups attached to an aromatic ring is 1. The first kappa shape index (κ1) is 34.6. The van der Waals surface area contributed by atoms with E-state index >= 15 is 0 Å². The van der Waals surface area contributed by atoms with Crippen molar-refractivity contribution in [2.45, 2.75) is 0 Å². The Labute approximate surface area is 308 Å². The molecule has 0 radical (unpaired) electrons. The molecule has 0 fully saturated rings. The molecule has 5 heteroatoms. The summed E-state index contributed by atoms with van der Waals surface area (Å²) in [6.45, 7) is 0. The van der Waals surface area contributed by atoms with Crippen molar-refractivity contribution < 1.29 is 0 Å². The highest BCUT2D eigenvalue weighted by Gasteiger charge is 2.06. The van der Waals surface area contributed by atoms with Crippen molar-refractivity contribution in [3.05, 3.63) is 211 Å². The molecule has 0 spiro atoms. The molecule has 0 unspecified atom stereocenters. The monoisotopic (exact) mass is 724 g/mol. The first-order valence-electron chi connectivity index (χ1n) is 16.6. The quantitative estimate of drug-likeness (QED) is 0.168. The fourth-order valence-electron chi connectivity index (χ4n) is 5.47. The lowest BCUT2D eigenvalue weighted by Crippen LogP contribution is -1.94. The van der Waals surface area contributed by atoms with E-state index in [1.165, 1.54) is 16.7 Å². The van der Waals surface area contributed by atoms with Crippen LogP contribution >= 0.6 is 15.9 Å². The van der Waals surface area contributed by atoms with Gasteiger partial charge in [0.15, 0.2) is 0 Å². The van der Waals surface area contributed by atoms with E-state index in [4.69, 9.17) is 5.73 Å². The lowest BCUT2D eigenvalue weighted by molar-refractivity contribution is 1.32. The fraction of sp³-hybridized carbons (Fsp3) is 0. The highest BCUT2D eigenvalue weighted by Crippen LogP contribution is 2.31. The second-order valence-corrected chi connectivity index (χ2v) is 12.4. The van der Waals surface area contributed by atoms with Crippen LogP contribution in [0.4, 0.5) is 17.1 Å². The summed E-state index contributed by atoms with van der Waals surface area (Å²) in [5.41, 5.74) is 17.7. The van der Waals surface area contributed by atoms with Crippen molar-refractivity contribution in [3.8, 4) is 44.8 Å². The van der Waals surface area contributed by atoms with Crippen molar-refractivity contribution in [1.29, 1.82) is 0 Å². The molecule has 0 saturated carbocycles. The standard InChI is InChI=1S/C23H18N2.C12H11N.C11H8BrN/c1-2-9-18(10-3-1)21-13-4-5-15-23(21)25-20-12-8-11-19(17-20)22-14-6-7-16-24-22;13-12-9-5-4-8-11(12)10-6-2-1-3-7-10;12-10-5-3-4-9(8-10)11-6-1-2-7-13-11/h1-17,25H;1-9H,13H2;1-8H. The Morgan fingerprint density at radius 2 is 0.902 bits per heavy atom. The third-order valence-corrected chi connectivity index (χ3v) is 8.44. The number of hydrogen-bond donors (Lipinski definition) is 2. The predicted octanol–water partition coefficient (Wildman–Crippen LogP) is 12.6. The smallest absolute Gasteiger partial charge is 0.0702 e. The van der Waals surface area contributed by atoms with Crippen LogP contribution in [-0.4, -0.2) is 9.97 Å². The molecule has 0 saturated heterocycles. The maximum absolute atomic E-state index is 5.85. The van der Waals surface area contributed by atoms with E-state index in [-0.39, 0.29) is 0 Å². The van der Waals surface area contributed by atoms with E-state index in [0.29, 0.717) is 0 Å². The van der Waals surface area contributed by atoms with Crippen LogP contribution in [0, 0.1) is 0 Å². The number of nitrogens with zero attached hydrogens (tertiary/aromatic N) is 2. The molecule has 6 aromatic carbocycles. The Balaban J connectivity index is 0.000000145. The molecule has 0 aliphatic heterocycles. The SMILES string of the molecule is Brc1cccc(-c2ccccn2)c1.Nc1ccccc1-c1ccccc1.c1ccc(-c2ccccc2Nc2cccc(-c3ccccn3)c2)cc1. The van der Waals surface area contributed by atoms with Crippen LogP contribution in [0.1, 0.15) is 0 Å². The molecule has 51 heavy (non-hydrogen) atoms. The second kappa shape index (κ2) is 17.9. The summed E-state index contributed by atoms with van der Waals surface area (Å²) in [7, 11) is 0. The van der Waals surface area contributed by atoms with Crippen LogP contribution in [0.5, 0.6) is 0 Å². The number of benzene rings is 6. The van der Waals surface area contributed by atoms with Crippen molar-refractivity contribution in [2.75, 3.05) is 11.1 Å². The molecular formula is C46H37BrN4. The molecule has 0 amide bonds. The van der Waals surface area contributed by atoms with Gasteiger partial charge in [-0.15, -0.1) is 0 Å². The molecule has 0 aliphatic rings. The van der Waals surface area contributed by atoms with Gasteiger partial charge in [0.05, 0.1) is 11.4 Å². The molecule has 0 aliphatic carbocycles. The van der Waals surface area contributed by atoms with Crippen LogP contribution in [0.15, 0.2) is 211 Å². The van der Waals surface area contributed by atoms with Gasteiger partial charge in [-0.05, 0) is 71.8 Å². The summed E-state index contributed by atoms with van der Waals surface area (Å²) in [6.07, 6.45) is 3.62. The van der Waals surface area contributed by atoms with Gasteiger partial charge in [0, 0.05) is 56.2 Å². The minimum absolute atomic E-state index is 0.828. The Hall–Kier alpha value is -6.30. The fourth-order valence-corrected chi connectivity index (χ4v) is 5.87. The number of hydrogen-bond acceptors (Lipinski definition) is 4. The summed E-state index contributed by atoms with van der Waals surface area (Å²) in [4.78, 5) is 8.70. The van der Waals surface area contributed by atoms with Crippen LogP contribution in [0.2, 0.25) is 0 Å². The number of anilines is 3. The highest BCUT2D eigenvalue weighted by atomic mass is 79.9. The van der Waals surface area contributed by atoms with Gasteiger partial charge in [0.2, 0.25) is 0 Å². The zero-order valence-corrected chi connectivity index (χ0v) is 29.6. The molecule has 8 rings (SSSR count). The Kier molecular flexibility index (Phi) is 12.1. The highest BCUT2D eigenvalue weighted by molar-refractivity contribution is 9.10. The number of nitrogens with two attached hydrogens (primary N) is 1. The average molecular weight is 726 g/mol. The van der Waals surface area contributed by atoms with Gasteiger partial charge in [0.25, 0.3) is 0 Å². The summed E-state index contributed by atoms with van der Waals surface area (Å²) in [6, 6.07) is 65.2. The topological polar surface area (TPSA) is 63.8 Å². The molecule has 0 atom stereocenters. The van der Waals surface area contributed by atoms with Gasteiger partial charge in [-0.1, -0.05) is 149 Å². The predicted molar refractivity (Wildman–Crippen MR) is 218 cm³/mol. The zero-order chi connectivity index (χ0) is 35.1. The molecule has 4 nitrogen and oxygen atoms in total. The molecule has 0 bridgehead atoms. The average Bonchev–Trinajstić information content (AvgIpc) is 3.20. The van der Waals surface area contributed by atoms with Crippen molar-refractivity contribution in [1.82, 2.24) is 9.97 Å². The van der Waals surface area contributed by atoms with Gasteiger partial charge < -0.3 is 11.1 Å². The number of pyridine rings is 2. The summed E-state index contributed by atoms with van der Waals surface area (Å²) in [5, 5.41) is 3.55. The molecule has 248 valence electrons. The van der Waals surface area contributed by atoms with E-state index in [1.807, 2.05) is 109 Å². The first-order chi connectivity index (χ1) is 25.1. The summed E-state index contributed by atoms with van der Waals surface area (Å²) >= 11 is 3.43. The number of halogens is 1. The van der Waals surface area contributed by atoms with Gasteiger partial charge >= 0.3 is 0 Å². The number of nitrogens with one attached hydrogen (secondary N) is 1.